The molecule has 5 rings (SSSR count). The van der Waals surface area contributed by atoms with E-state index in [1.54, 1.807) is 29.7 Å². The molecule has 168 valence electrons. The molecular formula is C23H24F3N5O. The molecular weight excluding hydrogens is 419 g/mol. The number of hydrogen-bond acceptors (Lipinski definition) is 3. The van der Waals surface area contributed by atoms with E-state index in [9.17, 15) is 18.0 Å². The highest BCUT2D eigenvalue weighted by molar-refractivity contribution is 5.96. The van der Waals surface area contributed by atoms with Crippen LogP contribution in [0.25, 0.3) is 11.3 Å². The minimum absolute atomic E-state index is 0.0838. The maximum absolute atomic E-state index is 14.0. The molecule has 2 aromatic heterocycles. The van der Waals surface area contributed by atoms with Crippen LogP contribution in [0, 0.1) is 24.4 Å². The van der Waals surface area contributed by atoms with Gasteiger partial charge in [0, 0.05) is 36.5 Å². The fourth-order valence-corrected chi connectivity index (χ4v) is 5.42. The summed E-state index contributed by atoms with van der Waals surface area (Å²) in [5, 5.41) is 8.90. The number of aryl methyl sites for hydroxylation is 2. The van der Waals surface area contributed by atoms with Crippen molar-refractivity contribution in [2.24, 2.45) is 14.1 Å². The average molecular weight is 443 g/mol. The highest BCUT2D eigenvalue weighted by Crippen LogP contribution is 2.50. The zero-order valence-corrected chi connectivity index (χ0v) is 18.4. The second-order valence-electron chi connectivity index (χ2n) is 9.11. The Hall–Kier alpha value is -3.10. The third-order valence-corrected chi connectivity index (χ3v) is 7.08. The molecule has 4 heterocycles. The normalized spacial score (nSPS) is 22.2. The number of benzene rings is 1. The molecule has 0 spiro atoms. The van der Waals surface area contributed by atoms with Crippen molar-refractivity contribution in [1.82, 2.24) is 24.5 Å². The Morgan fingerprint density at radius 1 is 1.16 bits per heavy atom. The topological polar surface area (TPSA) is 56.0 Å². The molecule has 0 radical (unpaired) electrons. The molecule has 2 bridgehead atoms. The molecule has 6 nitrogen and oxygen atoms in total. The quantitative estimate of drug-likeness (QED) is 0.557. The van der Waals surface area contributed by atoms with Crippen molar-refractivity contribution in [3.8, 4) is 11.3 Å². The molecule has 3 aromatic rings. The number of piperidine rings is 1. The molecule has 0 saturated carbocycles. The van der Waals surface area contributed by atoms with Crippen molar-refractivity contribution in [2.75, 3.05) is 0 Å². The molecule has 9 heteroatoms. The number of nitrogens with zero attached hydrogens (tertiary/aromatic N) is 5. The monoisotopic (exact) mass is 443 g/mol. The molecule has 0 N–H and O–H groups in total. The lowest BCUT2D eigenvalue weighted by Crippen LogP contribution is -2.58. The minimum atomic E-state index is -1.49. The first-order valence-corrected chi connectivity index (χ1v) is 10.7. The molecule has 1 amide bonds. The van der Waals surface area contributed by atoms with Gasteiger partial charge in [0.05, 0.1) is 29.2 Å². The Morgan fingerprint density at radius 3 is 2.47 bits per heavy atom. The Bertz CT molecular complexity index is 1240. The van der Waals surface area contributed by atoms with Crippen LogP contribution in [0.1, 0.15) is 59.5 Å². The summed E-state index contributed by atoms with van der Waals surface area (Å²) in [6.07, 6.45) is 4.58. The van der Waals surface area contributed by atoms with Crippen LogP contribution in [0.5, 0.6) is 0 Å². The number of fused-ring (bicyclic) bond motifs is 4. The van der Waals surface area contributed by atoms with E-state index in [4.69, 9.17) is 0 Å². The van der Waals surface area contributed by atoms with Crippen LogP contribution in [0.4, 0.5) is 13.2 Å². The summed E-state index contributed by atoms with van der Waals surface area (Å²) in [6, 6.07) is 1.76. The van der Waals surface area contributed by atoms with E-state index in [1.807, 2.05) is 18.7 Å². The van der Waals surface area contributed by atoms with Crippen LogP contribution in [-0.4, -0.2) is 35.9 Å². The fourth-order valence-electron chi connectivity index (χ4n) is 5.42. The molecule has 0 unspecified atom stereocenters. The Balaban J connectivity index is 1.65. The number of amides is 1. The van der Waals surface area contributed by atoms with E-state index in [2.05, 4.69) is 10.2 Å². The summed E-state index contributed by atoms with van der Waals surface area (Å²) < 4.78 is 44.8. The summed E-state index contributed by atoms with van der Waals surface area (Å²) in [5.41, 5.74) is 3.26. The number of aromatic nitrogens is 4. The van der Waals surface area contributed by atoms with Gasteiger partial charge in [-0.2, -0.15) is 10.2 Å². The van der Waals surface area contributed by atoms with Crippen LogP contribution in [0.3, 0.4) is 0 Å². The summed E-state index contributed by atoms with van der Waals surface area (Å²) >= 11 is 0. The number of carbonyl (C=O) groups excluding carboxylic acids is 1. The van der Waals surface area contributed by atoms with Crippen LogP contribution < -0.4 is 0 Å². The van der Waals surface area contributed by atoms with E-state index < -0.39 is 23.0 Å². The van der Waals surface area contributed by atoms with Gasteiger partial charge in [-0.1, -0.05) is 0 Å². The lowest BCUT2D eigenvalue weighted by atomic mass is 9.73. The van der Waals surface area contributed by atoms with Crippen LogP contribution in [-0.2, 0) is 20.5 Å². The van der Waals surface area contributed by atoms with E-state index in [1.165, 1.54) is 0 Å². The van der Waals surface area contributed by atoms with Crippen molar-refractivity contribution in [2.45, 2.75) is 51.1 Å². The van der Waals surface area contributed by atoms with Crippen molar-refractivity contribution in [1.29, 1.82) is 0 Å². The van der Waals surface area contributed by atoms with E-state index >= 15 is 0 Å². The van der Waals surface area contributed by atoms with Crippen LogP contribution >= 0.6 is 0 Å². The lowest BCUT2D eigenvalue weighted by Gasteiger charge is -2.52. The SMILES string of the molecule is Cc1c(C(=O)N2[C@@H]3CCC[C@@]2(C)Cc2c3nn(C)c2-c2cc(F)c(F)c(F)c2)cnn1C. The maximum Gasteiger partial charge on any atom is 0.258 e. The number of carbonyl (C=O) groups is 1. The van der Waals surface area contributed by atoms with Gasteiger partial charge in [-0.05, 0) is 51.7 Å². The van der Waals surface area contributed by atoms with Gasteiger partial charge in [0.1, 0.15) is 0 Å². The molecule has 2 aliphatic heterocycles. The lowest BCUT2D eigenvalue weighted by molar-refractivity contribution is 0.00334. The number of rotatable bonds is 2. The Kier molecular flexibility index (Phi) is 4.51. The third-order valence-electron chi connectivity index (χ3n) is 7.08. The number of hydrogen-bond donors (Lipinski definition) is 0. The second kappa shape index (κ2) is 6.95. The zero-order valence-electron chi connectivity index (χ0n) is 18.4. The van der Waals surface area contributed by atoms with Crippen LogP contribution in [0.15, 0.2) is 18.3 Å². The first kappa shape index (κ1) is 20.8. The first-order valence-electron chi connectivity index (χ1n) is 10.7. The van der Waals surface area contributed by atoms with E-state index in [-0.39, 0.29) is 17.5 Å². The van der Waals surface area contributed by atoms with Gasteiger partial charge >= 0.3 is 0 Å². The first-order chi connectivity index (χ1) is 15.1. The van der Waals surface area contributed by atoms with Gasteiger partial charge in [0.15, 0.2) is 17.5 Å². The molecule has 1 saturated heterocycles. The molecule has 2 aliphatic rings. The van der Waals surface area contributed by atoms with Crippen molar-refractivity contribution >= 4 is 5.91 Å². The predicted molar refractivity (Wildman–Crippen MR) is 111 cm³/mol. The zero-order chi connectivity index (χ0) is 22.9. The molecule has 2 atom stereocenters. The summed E-state index contributed by atoms with van der Waals surface area (Å²) in [4.78, 5) is 15.6. The Labute approximate surface area is 183 Å². The largest absolute Gasteiger partial charge is 0.324 e. The fraction of sp³-hybridized carbons (Fsp3) is 0.435. The van der Waals surface area contributed by atoms with Crippen molar-refractivity contribution < 1.29 is 18.0 Å². The smallest absolute Gasteiger partial charge is 0.258 e. The average Bonchev–Trinajstić information content (AvgIpc) is 3.23. The Morgan fingerprint density at radius 2 is 1.84 bits per heavy atom. The van der Waals surface area contributed by atoms with Crippen molar-refractivity contribution in [3.63, 3.8) is 0 Å². The minimum Gasteiger partial charge on any atom is -0.324 e. The van der Waals surface area contributed by atoms with Gasteiger partial charge in [0.25, 0.3) is 5.91 Å². The molecule has 1 fully saturated rings. The summed E-state index contributed by atoms with van der Waals surface area (Å²) in [6.45, 7) is 3.92. The van der Waals surface area contributed by atoms with Crippen molar-refractivity contribution in [3.05, 3.63) is 58.3 Å². The number of halogens is 3. The third kappa shape index (κ3) is 2.83. The highest BCUT2D eigenvalue weighted by Gasteiger charge is 2.50. The molecule has 0 aliphatic carbocycles. The molecule has 1 aromatic carbocycles. The van der Waals surface area contributed by atoms with E-state index in [0.29, 0.717) is 17.7 Å². The maximum atomic E-state index is 14.0. The standard InChI is InChI=1S/C23H24F3N5O/c1-12-15(11-27-29(12)3)22(32)31-18-6-5-7-23(31,2)10-14-20(18)28-30(4)21(14)13-8-16(24)19(26)17(25)9-13/h8-9,11,18H,5-7,10H2,1-4H3/t18-,23+/m1/s1. The summed E-state index contributed by atoms with van der Waals surface area (Å²) in [7, 11) is 3.51. The van der Waals surface area contributed by atoms with Gasteiger partial charge in [-0.25, -0.2) is 13.2 Å². The van der Waals surface area contributed by atoms with Gasteiger partial charge < -0.3 is 4.90 Å². The summed E-state index contributed by atoms with van der Waals surface area (Å²) in [5.74, 6) is -4.04. The van der Waals surface area contributed by atoms with E-state index in [0.717, 1.165) is 48.3 Å². The molecule has 32 heavy (non-hydrogen) atoms. The van der Waals surface area contributed by atoms with Gasteiger partial charge in [-0.3, -0.25) is 14.2 Å². The van der Waals surface area contributed by atoms with Gasteiger partial charge in [-0.15, -0.1) is 0 Å². The van der Waals surface area contributed by atoms with Crippen LogP contribution in [0.2, 0.25) is 0 Å². The predicted octanol–water partition coefficient (Wildman–Crippen LogP) is 4.23. The second-order valence-corrected chi connectivity index (χ2v) is 9.11. The van der Waals surface area contributed by atoms with Gasteiger partial charge in [0.2, 0.25) is 0 Å². The highest BCUT2D eigenvalue weighted by atomic mass is 19.2.